The van der Waals surface area contributed by atoms with Gasteiger partial charge in [0.25, 0.3) is 0 Å². The molecule has 0 atom stereocenters. The van der Waals surface area contributed by atoms with Crippen molar-refractivity contribution in [1.29, 1.82) is 0 Å². The van der Waals surface area contributed by atoms with Crippen LogP contribution < -0.4 is 0 Å². The Morgan fingerprint density at radius 3 is 2.62 bits per heavy atom. The molecule has 0 spiro atoms. The van der Waals surface area contributed by atoms with Gasteiger partial charge in [-0.1, -0.05) is 30.3 Å². The van der Waals surface area contributed by atoms with E-state index in [-0.39, 0.29) is 0 Å². The number of fused-ring (bicyclic) bond motifs is 1. The zero-order valence-electron chi connectivity index (χ0n) is 13.1. The minimum Gasteiger partial charge on any atom is -0.291 e. The van der Waals surface area contributed by atoms with Gasteiger partial charge >= 0.3 is 0 Å². The molecule has 4 aromatic rings. The van der Waals surface area contributed by atoms with Crippen molar-refractivity contribution in [3.05, 3.63) is 82.8 Å². The van der Waals surface area contributed by atoms with E-state index in [2.05, 4.69) is 50.3 Å². The SMILES string of the molecule is c1ccc(CN(Cc2cnc3nccn3c2)Cc2nccs2)cc1. The molecule has 0 aliphatic carbocycles. The van der Waals surface area contributed by atoms with Crippen molar-refractivity contribution < 1.29 is 0 Å². The van der Waals surface area contributed by atoms with Crippen LogP contribution in [0.3, 0.4) is 0 Å². The van der Waals surface area contributed by atoms with Gasteiger partial charge in [-0.05, 0) is 5.56 Å². The highest BCUT2D eigenvalue weighted by Gasteiger charge is 2.11. The van der Waals surface area contributed by atoms with E-state index in [1.807, 2.05) is 34.4 Å². The van der Waals surface area contributed by atoms with E-state index in [0.717, 1.165) is 36.0 Å². The van der Waals surface area contributed by atoms with Crippen LogP contribution in [0.1, 0.15) is 16.1 Å². The Kier molecular flexibility index (Phi) is 4.31. The minimum atomic E-state index is 0.730. The minimum absolute atomic E-state index is 0.730. The molecule has 4 rings (SSSR count). The molecule has 120 valence electrons. The third-order valence-electron chi connectivity index (χ3n) is 3.80. The van der Waals surface area contributed by atoms with Crippen molar-refractivity contribution in [1.82, 2.24) is 24.3 Å². The normalized spacial score (nSPS) is 11.4. The maximum absolute atomic E-state index is 4.43. The van der Waals surface area contributed by atoms with E-state index in [9.17, 15) is 0 Å². The van der Waals surface area contributed by atoms with E-state index >= 15 is 0 Å². The maximum atomic E-state index is 4.43. The summed E-state index contributed by atoms with van der Waals surface area (Å²) in [5, 5.41) is 3.15. The maximum Gasteiger partial charge on any atom is 0.233 e. The lowest BCUT2D eigenvalue weighted by molar-refractivity contribution is 0.246. The summed E-state index contributed by atoms with van der Waals surface area (Å²) in [6, 6.07) is 10.5. The van der Waals surface area contributed by atoms with E-state index in [1.165, 1.54) is 5.56 Å². The van der Waals surface area contributed by atoms with Crippen LogP contribution in [0.2, 0.25) is 0 Å². The Morgan fingerprint density at radius 1 is 0.917 bits per heavy atom. The van der Waals surface area contributed by atoms with Crippen LogP contribution in [0.25, 0.3) is 5.78 Å². The lowest BCUT2D eigenvalue weighted by atomic mass is 10.2. The molecule has 0 amide bonds. The fraction of sp³-hybridized carbons (Fsp3) is 0.167. The van der Waals surface area contributed by atoms with E-state index in [4.69, 9.17) is 0 Å². The van der Waals surface area contributed by atoms with Crippen molar-refractivity contribution in [2.24, 2.45) is 0 Å². The van der Waals surface area contributed by atoms with Gasteiger partial charge in [0.2, 0.25) is 5.78 Å². The molecule has 0 bridgehead atoms. The summed E-state index contributed by atoms with van der Waals surface area (Å²) in [4.78, 5) is 15.4. The molecule has 0 aliphatic rings. The zero-order chi connectivity index (χ0) is 16.2. The molecule has 0 radical (unpaired) electrons. The number of rotatable bonds is 6. The average Bonchev–Trinajstić information content (AvgIpc) is 3.27. The van der Waals surface area contributed by atoms with Crippen LogP contribution in [-0.4, -0.2) is 24.3 Å². The number of benzene rings is 1. The van der Waals surface area contributed by atoms with Crippen molar-refractivity contribution in [2.45, 2.75) is 19.6 Å². The van der Waals surface area contributed by atoms with Crippen LogP contribution in [0, 0.1) is 0 Å². The van der Waals surface area contributed by atoms with Crippen molar-refractivity contribution in [3.63, 3.8) is 0 Å². The van der Waals surface area contributed by atoms with Crippen LogP contribution in [-0.2, 0) is 19.6 Å². The Balaban J connectivity index is 1.56. The fourth-order valence-corrected chi connectivity index (χ4v) is 3.39. The second-order valence-corrected chi connectivity index (χ2v) is 6.63. The first-order chi connectivity index (χ1) is 11.9. The van der Waals surface area contributed by atoms with Crippen LogP contribution >= 0.6 is 11.3 Å². The molecule has 0 aliphatic heterocycles. The summed E-state index contributed by atoms with van der Waals surface area (Å²) in [6.07, 6.45) is 9.55. The summed E-state index contributed by atoms with van der Waals surface area (Å²) >= 11 is 1.69. The molecule has 0 saturated carbocycles. The highest BCUT2D eigenvalue weighted by Crippen LogP contribution is 2.15. The Labute approximate surface area is 144 Å². The second kappa shape index (κ2) is 6.90. The summed E-state index contributed by atoms with van der Waals surface area (Å²) in [7, 11) is 0. The van der Waals surface area contributed by atoms with Gasteiger partial charge in [-0.25, -0.2) is 15.0 Å². The summed E-state index contributed by atoms with van der Waals surface area (Å²) in [5.41, 5.74) is 2.46. The van der Waals surface area contributed by atoms with Gasteiger partial charge in [0.05, 0.1) is 6.54 Å². The van der Waals surface area contributed by atoms with Crippen molar-refractivity contribution in [2.75, 3.05) is 0 Å². The first-order valence-electron chi connectivity index (χ1n) is 7.79. The van der Waals surface area contributed by atoms with E-state index in [1.54, 1.807) is 17.5 Å². The monoisotopic (exact) mass is 335 g/mol. The Bertz CT molecular complexity index is 901. The molecule has 0 fully saturated rings. The number of nitrogens with zero attached hydrogens (tertiary/aromatic N) is 5. The van der Waals surface area contributed by atoms with Gasteiger partial charge in [0.1, 0.15) is 5.01 Å². The van der Waals surface area contributed by atoms with Crippen molar-refractivity contribution >= 4 is 17.1 Å². The molecule has 1 aromatic carbocycles. The molecular weight excluding hydrogens is 318 g/mol. The third-order valence-corrected chi connectivity index (χ3v) is 4.56. The number of imidazole rings is 1. The lowest BCUT2D eigenvalue weighted by Crippen LogP contribution is -2.22. The zero-order valence-corrected chi connectivity index (χ0v) is 13.9. The van der Waals surface area contributed by atoms with Crippen LogP contribution in [0.4, 0.5) is 0 Å². The number of hydrogen-bond acceptors (Lipinski definition) is 5. The largest absolute Gasteiger partial charge is 0.291 e. The Hall–Kier alpha value is -2.57. The van der Waals surface area contributed by atoms with Crippen molar-refractivity contribution in [3.8, 4) is 0 Å². The van der Waals surface area contributed by atoms with Gasteiger partial charge in [0, 0.05) is 55.0 Å². The predicted molar refractivity (Wildman–Crippen MR) is 94.5 cm³/mol. The molecular formula is C18H17N5S. The van der Waals surface area contributed by atoms with Gasteiger partial charge in [-0.2, -0.15) is 0 Å². The molecule has 0 saturated heterocycles. The number of aromatic nitrogens is 4. The number of thiazole rings is 1. The Morgan fingerprint density at radius 2 is 1.79 bits per heavy atom. The molecule has 3 aromatic heterocycles. The van der Waals surface area contributed by atoms with Gasteiger partial charge in [-0.15, -0.1) is 11.3 Å². The summed E-state index contributed by atoms with van der Waals surface area (Å²) < 4.78 is 1.96. The van der Waals surface area contributed by atoms with Crippen LogP contribution in [0.5, 0.6) is 0 Å². The quantitative estimate of drug-likeness (QED) is 0.542. The third kappa shape index (κ3) is 3.50. The molecule has 6 heteroatoms. The van der Waals surface area contributed by atoms with E-state index in [0.29, 0.717) is 0 Å². The first kappa shape index (κ1) is 15.0. The first-order valence-corrected chi connectivity index (χ1v) is 8.67. The molecule has 5 nitrogen and oxygen atoms in total. The topological polar surface area (TPSA) is 46.3 Å². The predicted octanol–water partition coefficient (Wildman–Crippen LogP) is 3.39. The van der Waals surface area contributed by atoms with Crippen LogP contribution in [0.15, 0.2) is 66.7 Å². The molecule has 0 unspecified atom stereocenters. The summed E-state index contributed by atoms with van der Waals surface area (Å²) in [6.45, 7) is 2.52. The second-order valence-electron chi connectivity index (χ2n) is 5.65. The highest BCUT2D eigenvalue weighted by molar-refractivity contribution is 7.09. The van der Waals surface area contributed by atoms with Gasteiger partial charge in [0.15, 0.2) is 0 Å². The summed E-state index contributed by atoms with van der Waals surface area (Å²) in [5.74, 6) is 0.730. The molecule has 0 N–H and O–H groups in total. The lowest BCUT2D eigenvalue weighted by Gasteiger charge is -2.21. The fourth-order valence-electron chi connectivity index (χ4n) is 2.73. The molecule has 24 heavy (non-hydrogen) atoms. The molecule has 3 heterocycles. The number of hydrogen-bond donors (Lipinski definition) is 0. The van der Waals surface area contributed by atoms with Gasteiger partial charge < -0.3 is 0 Å². The average molecular weight is 335 g/mol. The van der Waals surface area contributed by atoms with E-state index < -0.39 is 0 Å². The standard InChI is InChI=1S/C18H17N5S/c1-2-4-15(5-3-1)11-22(14-17-19-7-9-24-17)12-16-10-21-18-20-6-8-23(18)13-16/h1-10,13H,11-12,14H2. The smallest absolute Gasteiger partial charge is 0.233 e. The highest BCUT2D eigenvalue weighted by atomic mass is 32.1. The van der Waals surface area contributed by atoms with Gasteiger partial charge in [-0.3, -0.25) is 9.30 Å².